The van der Waals surface area contributed by atoms with Crippen molar-refractivity contribution in [2.45, 2.75) is 26.3 Å². The van der Waals surface area contributed by atoms with Crippen LogP contribution in [0.5, 0.6) is 11.5 Å². The fourth-order valence-corrected chi connectivity index (χ4v) is 3.81. The van der Waals surface area contributed by atoms with Gasteiger partial charge in [-0.15, -0.1) is 0 Å². The highest BCUT2D eigenvalue weighted by atomic mass is 35.5. The van der Waals surface area contributed by atoms with Crippen LogP contribution >= 0.6 is 11.6 Å². The zero-order valence-electron chi connectivity index (χ0n) is 17.2. The first-order valence-electron chi connectivity index (χ1n) is 9.59. The average Bonchev–Trinajstić information content (AvgIpc) is 3.41. The first-order chi connectivity index (χ1) is 14.4. The second kappa shape index (κ2) is 7.99. The molecule has 1 atom stereocenters. The topological polar surface area (TPSA) is 77.2 Å². The molecule has 0 aliphatic carbocycles. The minimum absolute atomic E-state index is 0.0926. The van der Waals surface area contributed by atoms with Crippen molar-refractivity contribution in [1.29, 1.82) is 0 Å². The van der Waals surface area contributed by atoms with Gasteiger partial charge in [-0.05, 0) is 24.3 Å². The van der Waals surface area contributed by atoms with E-state index in [1.807, 2.05) is 32.0 Å². The van der Waals surface area contributed by atoms with E-state index >= 15 is 0 Å². The Morgan fingerprint density at radius 3 is 2.60 bits per heavy atom. The number of benzene rings is 1. The van der Waals surface area contributed by atoms with Crippen molar-refractivity contribution in [3.8, 4) is 11.5 Å². The molecule has 1 unspecified atom stereocenters. The molecule has 0 saturated heterocycles. The van der Waals surface area contributed by atoms with E-state index in [2.05, 4.69) is 10.1 Å². The Bertz CT molecular complexity index is 1130. The van der Waals surface area contributed by atoms with E-state index in [1.54, 1.807) is 32.6 Å². The molecular formula is C22H22ClN3O4. The average molecular weight is 428 g/mol. The highest BCUT2D eigenvalue weighted by Gasteiger charge is 2.36. The predicted molar refractivity (Wildman–Crippen MR) is 114 cm³/mol. The molecule has 0 spiro atoms. The van der Waals surface area contributed by atoms with Crippen LogP contribution in [0.2, 0.25) is 5.15 Å². The minimum Gasteiger partial charge on any atom is -0.493 e. The molecular weight excluding hydrogens is 406 g/mol. The SMILES string of the molecule is COc1cc2cc(C3CC(c4ccco4)=NN3C(=O)C(C)C)c(Cl)nc2cc1OC. The van der Waals surface area contributed by atoms with Gasteiger partial charge in [0.15, 0.2) is 11.5 Å². The van der Waals surface area contributed by atoms with Gasteiger partial charge < -0.3 is 13.9 Å². The fourth-order valence-electron chi connectivity index (χ4n) is 3.54. The third-order valence-electron chi connectivity index (χ3n) is 5.10. The van der Waals surface area contributed by atoms with Crippen molar-refractivity contribution in [2.24, 2.45) is 11.0 Å². The summed E-state index contributed by atoms with van der Waals surface area (Å²) in [6, 6.07) is 8.80. The zero-order chi connectivity index (χ0) is 21.4. The summed E-state index contributed by atoms with van der Waals surface area (Å²) in [5, 5.41) is 7.21. The lowest BCUT2D eigenvalue weighted by molar-refractivity contribution is -0.136. The third-order valence-corrected chi connectivity index (χ3v) is 5.40. The summed E-state index contributed by atoms with van der Waals surface area (Å²) >= 11 is 6.58. The molecule has 0 radical (unpaired) electrons. The number of hydrazone groups is 1. The molecule has 1 aromatic carbocycles. The van der Waals surface area contributed by atoms with E-state index in [0.717, 1.165) is 10.9 Å². The van der Waals surface area contributed by atoms with Gasteiger partial charge in [-0.25, -0.2) is 9.99 Å². The third kappa shape index (κ3) is 3.50. The zero-order valence-corrected chi connectivity index (χ0v) is 17.9. The summed E-state index contributed by atoms with van der Waals surface area (Å²) in [4.78, 5) is 17.4. The molecule has 2 aromatic heterocycles. The van der Waals surface area contributed by atoms with Crippen LogP contribution in [0.15, 0.2) is 46.1 Å². The number of carbonyl (C=O) groups excluding carboxylic acids is 1. The summed E-state index contributed by atoms with van der Waals surface area (Å²) in [6.07, 6.45) is 2.07. The fraction of sp³-hybridized carbons (Fsp3) is 0.318. The molecule has 0 N–H and O–H groups in total. The quantitative estimate of drug-likeness (QED) is 0.545. The number of aromatic nitrogens is 1. The van der Waals surface area contributed by atoms with Crippen molar-refractivity contribution < 1.29 is 18.7 Å². The Morgan fingerprint density at radius 2 is 1.97 bits per heavy atom. The van der Waals surface area contributed by atoms with Crippen LogP contribution in [0.4, 0.5) is 0 Å². The number of hydrogen-bond donors (Lipinski definition) is 0. The standard InChI is InChI=1S/C22H22ClN3O4/c1-12(2)22(27)26-17(10-16(25-26)18-6-5-7-30-18)14-8-13-9-19(28-3)20(29-4)11-15(13)24-21(14)23/h5-9,11-12,17H,10H2,1-4H3. The number of ether oxygens (including phenoxy) is 2. The molecule has 3 heterocycles. The van der Waals surface area contributed by atoms with Crippen molar-refractivity contribution in [2.75, 3.05) is 14.2 Å². The molecule has 7 nitrogen and oxygen atoms in total. The Hall–Kier alpha value is -3.06. The number of carbonyl (C=O) groups is 1. The van der Waals surface area contributed by atoms with E-state index < -0.39 is 0 Å². The van der Waals surface area contributed by atoms with Gasteiger partial charge in [0.1, 0.15) is 16.6 Å². The monoisotopic (exact) mass is 427 g/mol. The molecule has 4 rings (SSSR count). The van der Waals surface area contributed by atoms with E-state index in [-0.39, 0.29) is 17.9 Å². The van der Waals surface area contributed by atoms with Crippen LogP contribution in [-0.2, 0) is 4.79 Å². The van der Waals surface area contributed by atoms with Gasteiger partial charge >= 0.3 is 0 Å². The Kier molecular flexibility index (Phi) is 5.39. The molecule has 8 heteroatoms. The minimum atomic E-state index is -0.377. The number of nitrogens with zero attached hydrogens (tertiary/aromatic N) is 3. The van der Waals surface area contributed by atoms with Gasteiger partial charge in [0, 0.05) is 29.4 Å². The van der Waals surface area contributed by atoms with Gasteiger partial charge in [0.2, 0.25) is 5.91 Å². The second-order valence-corrected chi connectivity index (χ2v) is 7.71. The number of fused-ring (bicyclic) bond motifs is 1. The summed E-state index contributed by atoms with van der Waals surface area (Å²) in [7, 11) is 3.15. The number of amides is 1. The smallest absolute Gasteiger partial charge is 0.245 e. The summed E-state index contributed by atoms with van der Waals surface area (Å²) < 4.78 is 16.3. The molecule has 0 fully saturated rings. The van der Waals surface area contributed by atoms with Crippen molar-refractivity contribution in [1.82, 2.24) is 9.99 Å². The van der Waals surface area contributed by atoms with Crippen LogP contribution in [0.1, 0.15) is 37.6 Å². The maximum Gasteiger partial charge on any atom is 0.245 e. The normalized spacial score (nSPS) is 16.3. The number of hydrogen-bond acceptors (Lipinski definition) is 6. The Labute approximate surface area is 179 Å². The van der Waals surface area contributed by atoms with Crippen LogP contribution in [0.25, 0.3) is 10.9 Å². The van der Waals surface area contributed by atoms with Gasteiger partial charge in [0.05, 0.1) is 32.0 Å². The predicted octanol–water partition coefficient (Wildman–Crippen LogP) is 4.83. The molecule has 156 valence electrons. The lowest BCUT2D eigenvalue weighted by atomic mass is 10.00. The first kappa shape index (κ1) is 20.2. The number of furan rings is 1. The van der Waals surface area contributed by atoms with Gasteiger partial charge in [0.25, 0.3) is 0 Å². The molecule has 0 saturated carbocycles. The first-order valence-corrected chi connectivity index (χ1v) is 9.97. The number of methoxy groups -OCH3 is 2. The van der Waals surface area contributed by atoms with Gasteiger partial charge in [-0.1, -0.05) is 25.4 Å². The Balaban J connectivity index is 1.80. The molecule has 1 amide bonds. The van der Waals surface area contributed by atoms with Gasteiger partial charge in [-0.3, -0.25) is 4.79 Å². The van der Waals surface area contributed by atoms with E-state index in [1.165, 1.54) is 5.01 Å². The van der Waals surface area contributed by atoms with Crippen LogP contribution in [0.3, 0.4) is 0 Å². The highest BCUT2D eigenvalue weighted by Crippen LogP contribution is 2.39. The molecule has 1 aliphatic rings. The van der Waals surface area contributed by atoms with Crippen molar-refractivity contribution in [3.05, 3.63) is 53.1 Å². The van der Waals surface area contributed by atoms with Crippen LogP contribution < -0.4 is 9.47 Å². The molecule has 3 aromatic rings. The Morgan fingerprint density at radius 1 is 1.23 bits per heavy atom. The highest BCUT2D eigenvalue weighted by molar-refractivity contribution is 6.30. The summed E-state index contributed by atoms with van der Waals surface area (Å²) in [5.41, 5.74) is 2.09. The lowest BCUT2D eigenvalue weighted by Crippen LogP contribution is -2.30. The van der Waals surface area contributed by atoms with E-state index in [0.29, 0.717) is 40.1 Å². The maximum atomic E-state index is 12.9. The largest absolute Gasteiger partial charge is 0.493 e. The van der Waals surface area contributed by atoms with Crippen molar-refractivity contribution in [3.63, 3.8) is 0 Å². The van der Waals surface area contributed by atoms with Crippen LogP contribution in [-0.4, -0.2) is 35.8 Å². The van der Waals surface area contributed by atoms with Crippen molar-refractivity contribution >= 4 is 34.1 Å². The van der Waals surface area contributed by atoms with E-state index in [9.17, 15) is 4.79 Å². The lowest BCUT2D eigenvalue weighted by Gasteiger charge is -2.24. The number of pyridine rings is 1. The molecule has 0 bridgehead atoms. The second-order valence-electron chi connectivity index (χ2n) is 7.35. The van der Waals surface area contributed by atoms with Crippen LogP contribution in [0, 0.1) is 5.92 Å². The summed E-state index contributed by atoms with van der Waals surface area (Å²) in [5.74, 6) is 1.49. The summed E-state index contributed by atoms with van der Waals surface area (Å²) in [6.45, 7) is 3.69. The maximum absolute atomic E-state index is 12.9. The van der Waals surface area contributed by atoms with Gasteiger partial charge in [-0.2, -0.15) is 5.10 Å². The number of rotatable bonds is 5. The van der Waals surface area contributed by atoms with E-state index in [4.69, 9.17) is 25.5 Å². The number of halogens is 1. The molecule has 30 heavy (non-hydrogen) atoms. The molecule has 1 aliphatic heterocycles.